The molecule has 0 unspecified atom stereocenters. The van der Waals surface area contributed by atoms with Gasteiger partial charge >= 0.3 is 0 Å². The zero-order chi connectivity index (χ0) is 19.3. The Kier molecular flexibility index (Phi) is 5.55. The van der Waals surface area contributed by atoms with Crippen LogP contribution in [0.5, 0.6) is 5.75 Å². The normalized spacial score (nSPS) is 15.3. The molecule has 0 saturated carbocycles. The first-order valence-corrected chi connectivity index (χ1v) is 10.0. The van der Waals surface area contributed by atoms with E-state index in [1.165, 1.54) is 11.8 Å². The number of rotatable bonds is 5. The lowest BCUT2D eigenvalue weighted by Crippen LogP contribution is -2.27. The van der Waals surface area contributed by atoms with E-state index in [1.807, 2.05) is 91.0 Å². The van der Waals surface area contributed by atoms with Crippen molar-refractivity contribution in [1.29, 1.82) is 0 Å². The van der Waals surface area contributed by atoms with Crippen LogP contribution in [0.2, 0.25) is 0 Å². The highest BCUT2D eigenvalue weighted by Gasteiger charge is 2.33. The average molecular weight is 404 g/mol. The number of hydrogen-bond acceptors (Lipinski definition) is 4. The number of para-hydroxylation sites is 1. The van der Waals surface area contributed by atoms with Crippen LogP contribution in [0.4, 0.5) is 5.69 Å². The van der Waals surface area contributed by atoms with Crippen LogP contribution in [0, 0.1) is 0 Å². The smallest absolute Gasteiger partial charge is 0.270 e. The highest BCUT2D eigenvalue weighted by molar-refractivity contribution is 8.27. The molecular weight excluding hydrogens is 386 g/mol. The van der Waals surface area contributed by atoms with Crippen LogP contribution in [0.1, 0.15) is 11.1 Å². The van der Waals surface area contributed by atoms with Crippen molar-refractivity contribution in [2.75, 3.05) is 4.90 Å². The van der Waals surface area contributed by atoms with Gasteiger partial charge in [0.15, 0.2) is 4.32 Å². The molecule has 1 aliphatic heterocycles. The molecule has 1 fully saturated rings. The second-order valence-corrected chi connectivity index (χ2v) is 7.87. The maximum atomic E-state index is 12.8. The van der Waals surface area contributed by atoms with Crippen LogP contribution in [0.25, 0.3) is 6.08 Å². The van der Waals surface area contributed by atoms with Crippen molar-refractivity contribution in [3.63, 3.8) is 0 Å². The number of ether oxygens (including phenoxy) is 1. The fraction of sp³-hybridized carbons (Fsp3) is 0.0435. The average Bonchev–Trinajstić information content (AvgIpc) is 3.02. The first-order valence-electron chi connectivity index (χ1n) is 8.80. The minimum absolute atomic E-state index is 0.0920. The van der Waals surface area contributed by atoms with Crippen molar-refractivity contribution in [2.24, 2.45) is 0 Å². The van der Waals surface area contributed by atoms with Gasteiger partial charge in [0.1, 0.15) is 12.4 Å². The Morgan fingerprint density at radius 2 is 1.54 bits per heavy atom. The highest BCUT2D eigenvalue weighted by atomic mass is 32.2. The number of nitrogens with zero attached hydrogens (tertiary/aromatic N) is 1. The van der Waals surface area contributed by atoms with Crippen LogP contribution < -0.4 is 9.64 Å². The van der Waals surface area contributed by atoms with Gasteiger partial charge in [0.25, 0.3) is 5.91 Å². The predicted molar refractivity (Wildman–Crippen MR) is 119 cm³/mol. The molecule has 4 rings (SSSR count). The first-order chi connectivity index (χ1) is 13.7. The van der Waals surface area contributed by atoms with Crippen LogP contribution in [-0.4, -0.2) is 10.2 Å². The molecule has 3 aromatic rings. The Balaban J connectivity index is 1.45. The maximum Gasteiger partial charge on any atom is 0.270 e. The summed E-state index contributed by atoms with van der Waals surface area (Å²) in [5.74, 6) is 0.698. The summed E-state index contributed by atoms with van der Waals surface area (Å²) in [5, 5.41) is 0. The van der Waals surface area contributed by atoms with Gasteiger partial charge < -0.3 is 4.74 Å². The molecule has 0 aromatic heterocycles. The van der Waals surface area contributed by atoms with E-state index in [9.17, 15) is 4.79 Å². The lowest BCUT2D eigenvalue weighted by molar-refractivity contribution is -0.113. The molecule has 0 aliphatic carbocycles. The molecule has 1 saturated heterocycles. The molecule has 0 bridgehead atoms. The summed E-state index contributed by atoms with van der Waals surface area (Å²) in [6.45, 7) is 0.524. The molecule has 138 valence electrons. The first kappa shape index (κ1) is 18.5. The number of thiocarbonyl (C=S) groups is 1. The molecule has 3 aromatic carbocycles. The Labute approximate surface area is 173 Å². The van der Waals surface area contributed by atoms with Crippen LogP contribution in [-0.2, 0) is 11.4 Å². The third kappa shape index (κ3) is 4.16. The van der Waals surface area contributed by atoms with Crippen molar-refractivity contribution in [3.05, 3.63) is 101 Å². The number of carbonyl (C=O) groups excluding carboxylic acids is 1. The fourth-order valence-electron chi connectivity index (χ4n) is 2.82. The van der Waals surface area contributed by atoms with E-state index < -0.39 is 0 Å². The quantitative estimate of drug-likeness (QED) is 0.405. The zero-order valence-corrected chi connectivity index (χ0v) is 16.6. The molecule has 0 atom stereocenters. The molecule has 0 radical (unpaired) electrons. The van der Waals surface area contributed by atoms with Crippen molar-refractivity contribution < 1.29 is 9.53 Å². The maximum absolute atomic E-state index is 12.8. The summed E-state index contributed by atoms with van der Waals surface area (Å²) >= 11 is 6.72. The van der Waals surface area contributed by atoms with Gasteiger partial charge in [-0.15, -0.1) is 0 Å². The lowest BCUT2D eigenvalue weighted by Gasteiger charge is -2.13. The Morgan fingerprint density at radius 1 is 0.893 bits per heavy atom. The summed E-state index contributed by atoms with van der Waals surface area (Å²) < 4.78 is 6.35. The summed E-state index contributed by atoms with van der Waals surface area (Å²) in [7, 11) is 0. The highest BCUT2D eigenvalue weighted by Crippen LogP contribution is 2.36. The van der Waals surface area contributed by atoms with Crippen LogP contribution in [0.15, 0.2) is 89.8 Å². The van der Waals surface area contributed by atoms with E-state index in [0.29, 0.717) is 15.8 Å². The molecule has 1 heterocycles. The summed E-state index contributed by atoms with van der Waals surface area (Å²) in [4.78, 5) is 15.0. The van der Waals surface area contributed by atoms with Crippen molar-refractivity contribution >= 4 is 46.0 Å². The van der Waals surface area contributed by atoms with E-state index in [1.54, 1.807) is 4.90 Å². The van der Waals surface area contributed by atoms with Crippen LogP contribution in [0.3, 0.4) is 0 Å². The van der Waals surface area contributed by atoms with Gasteiger partial charge in [0.2, 0.25) is 0 Å². The lowest BCUT2D eigenvalue weighted by atomic mass is 10.2. The molecule has 3 nitrogen and oxygen atoms in total. The van der Waals surface area contributed by atoms with E-state index in [4.69, 9.17) is 17.0 Å². The molecule has 5 heteroatoms. The van der Waals surface area contributed by atoms with Gasteiger partial charge in [-0.1, -0.05) is 84.6 Å². The van der Waals surface area contributed by atoms with Gasteiger partial charge in [0.05, 0.1) is 10.6 Å². The second-order valence-electron chi connectivity index (χ2n) is 6.20. The molecule has 1 aliphatic rings. The SMILES string of the molecule is O=C1C(=Cc2ccc(OCc3ccccc3)cc2)SC(=S)N1c1ccccc1. The number of anilines is 1. The largest absolute Gasteiger partial charge is 0.489 e. The topological polar surface area (TPSA) is 29.5 Å². The van der Waals surface area contributed by atoms with E-state index in [2.05, 4.69) is 0 Å². The summed E-state index contributed by atoms with van der Waals surface area (Å²) in [5.41, 5.74) is 2.84. The third-order valence-electron chi connectivity index (χ3n) is 4.23. The van der Waals surface area contributed by atoms with Gasteiger partial charge in [-0.25, -0.2) is 0 Å². The number of hydrogen-bond donors (Lipinski definition) is 0. The Hall–Kier alpha value is -2.89. The zero-order valence-electron chi connectivity index (χ0n) is 14.9. The number of benzene rings is 3. The molecule has 28 heavy (non-hydrogen) atoms. The van der Waals surface area contributed by atoms with Gasteiger partial charge in [-0.2, -0.15) is 0 Å². The Morgan fingerprint density at radius 3 is 2.21 bits per heavy atom. The number of carbonyl (C=O) groups is 1. The van der Waals surface area contributed by atoms with E-state index >= 15 is 0 Å². The summed E-state index contributed by atoms with van der Waals surface area (Å²) in [6.07, 6.45) is 1.86. The van der Waals surface area contributed by atoms with Gasteiger partial charge in [-0.3, -0.25) is 9.69 Å². The number of amides is 1. The van der Waals surface area contributed by atoms with Gasteiger partial charge in [0, 0.05) is 0 Å². The minimum Gasteiger partial charge on any atom is -0.489 e. The van der Waals surface area contributed by atoms with E-state index in [0.717, 1.165) is 22.6 Å². The molecular formula is C23H17NO2S2. The minimum atomic E-state index is -0.0920. The Bertz CT molecular complexity index is 1020. The standard InChI is InChI=1S/C23H17NO2S2/c25-22-21(28-23(27)24(22)19-9-5-2-6-10-19)15-17-11-13-20(14-12-17)26-16-18-7-3-1-4-8-18/h1-15H,16H2. The summed E-state index contributed by atoms with van der Waals surface area (Å²) in [6, 6.07) is 27.2. The van der Waals surface area contributed by atoms with Crippen LogP contribution >= 0.6 is 24.0 Å². The molecule has 0 spiro atoms. The van der Waals surface area contributed by atoms with E-state index in [-0.39, 0.29) is 5.91 Å². The third-order valence-corrected chi connectivity index (χ3v) is 5.54. The van der Waals surface area contributed by atoms with Gasteiger partial charge in [-0.05, 0) is 41.5 Å². The molecule has 0 N–H and O–H groups in total. The van der Waals surface area contributed by atoms with Crippen molar-refractivity contribution in [3.8, 4) is 5.75 Å². The molecule has 1 amide bonds. The predicted octanol–water partition coefficient (Wildman–Crippen LogP) is 5.67. The fourth-order valence-corrected chi connectivity index (χ4v) is 4.12. The van der Waals surface area contributed by atoms with Crippen molar-refractivity contribution in [2.45, 2.75) is 6.61 Å². The number of thioether (sulfide) groups is 1. The van der Waals surface area contributed by atoms with Crippen molar-refractivity contribution in [1.82, 2.24) is 0 Å². The second kappa shape index (κ2) is 8.42. The monoisotopic (exact) mass is 403 g/mol.